The first-order valence-corrected chi connectivity index (χ1v) is 8.63. The Labute approximate surface area is 150 Å². The molecule has 6 nitrogen and oxygen atoms in total. The van der Waals surface area contributed by atoms with Crippen molar-refractivity contribution in [1.29, 1.82) is 0 Å². The lowest BCUT2D eigenvalue weighted by Crippen LogP contribution is -2.42. The summed E-state index contributed by atoms with van der Waals surface area (Å²) in [5, 5.41) is 3.13. The molecule has 0 aliphatic heterocycles. The molecule has 22 heavy (non-hydrogen) atoms. The zero-order valence-electron chi connectivity index (χ0n) is 13.5. The highest BCUT2D eigenvalue weighted by Gasteiger charge is 2.08. The topological polar surface area (TPSA) is 73.8 Å². The Bertz CT molecular complexity index is 590. The van der Waals surface area contributed by atoms with Crippen molar-refractivity contribution < 1.29 is 8.42 Å². The number of hydrogen-bond acceptors (Lipinski definition) is 3. The van der Waals surface area contributed by atoms with Crippen LogP contribution in [0, 0.1) is 6.92 Å². The molecule has 0 aromatic heterocycles. The van der Waals surface area contributed by atoms with Gasteiger partial charge in [-0.25, -0.2) is 13.1 Å². The molecule has 0 aliphatic rings. The first kappa shape index (κ1) is 21.1. The lowest BCUT2D eigenvalue weighted by molar-refractivity contribution is 0.475. The molecule has 0 aliphatic carbocycles. The van der Waals surface area contributed by atoms with Crippen LogP contribution in [0.25, 0.3) is 0 Å². The van der Waals surface area contributed by atoms with Crippen LogP contribution in [0.3, 0.4) is 0 Å². The summed E-state index contributed by atoms with van der Waals surface area (Å²) in [5.41, 5.74) is 2.47. The fraction of sp³-hybridized carbons (Fsp3) is 0.500. The molecular weight excluding hydrogens is 415 g/mol. The van der Waals surface area contributed by atoms with E-state index in [0.717, 1.165) is 18.8 Å². The number of rotatable bonds is 6. The zero-order valence-corrected chi connectivity index (χ0v) is 16.6. The smallest absolute Gasteiger partial charge is 0.208 e. The third-order valence-electron chi connectivity index (χ3n) is 3.01. The van der Waals surface area contributed by atoms with Gasteiger partial charge in [-0.1, -0.05) is 24.3 Å². The number of aliphatic imine (C=N–C) groups is 1. The number of nitrogens with zero attached hydrogens (tertiary/aromatic N) is 2. The molecule has 0 unspecified atom stereocenters. The predicted octanol–water partition coefficient (Wildman–Crippen LogP) is 1.17. The quantitative estimate of drug-likeness (QED) is 0.302. The molecule has 0 heterocycles. The average Bonchev–Trinajstić information content (AvgIpc) is 2.40. The van der Waals surface area contributed by atoms with Crippen LogP contribution in [0.2, 0.25) is 0 Å². The Kier molecular flexibility index (Phi) is 9.61. The van der Waals surface area contributed by atoms with E-state index in [-0.39, 0.29) is 24.0 Å². The van der Waals surface area contributed by atoms with E-state index >= 15 is 0 Å². The third-order valence-corrected chi connectivity index (χ3v) is 3.74. The molecule has 0 atom stereocenters. The second-order valence-electron chi connectivity index (χ2n) is 4.92. The van der Waals surface area contributed by atoms with Crippen molar-refractivity contribution in [3.8, 4) is 0 Å². The number of halogens is 1. The highest BCUT2D eigenvalue weighted by Crippen LogP contribution is 2.09. The lowest BCUT2D eigenvalue weighted by atomic mass is 10.1. The number of hydrogen-bond donors (Lipinski definition) is 2. The number of benzene rings is 1. The van der Waals surface area contributed by atoms with Gasteiger partial charge in [0, 0.05) is 33.7 Å². The summed E-state index contributed by atoms with van der Waals surface area (Å²) < 4.78 is 24.4. The molecule has 126 valence electrons. The Morgan fingerprint density at radius 3 is 2.45 bits per heavy atom. The van der Waals surface area contributed by atoms with Gasteiger partial charge in [0.25, 0.3) is 0 Å². The number of aryl methyl sites for hydroxylation is 1. The van der Waals surface area contributed by atoms with Gasteiger partial charge in [-0.2, -0.15) is 0 Å². The fourth-order valence-corrected chi connectivity index (χ4v) is 2.39. The van der Waals surface area contributed by atoms with Gasteiger partial charge in [0.2, 0.25) is 10.0 Å². The molecular formula is C14H25IN4O2S. The van der Waals surface area contributed by atoms with Crippen molar-refractivity contribution in [1.82, 2.24) is 14.9 Å². The molecule has 8 heteroatoms. The Morgan fingerprint density at radius 2 is 1.91 bits per heavy atom. The predicted molar refractivity (Wildman–Crippen MR) is 102 cm³/mol. The van der Waals surface area contributed by atoms with E-state index in [1.807, 2.05) is 24.1 Å². The van der Waals surface area contributed by atoms with Crippen molar-refractivity contribution in [3.63, 3.8) is 0 Å². The van der Waals surface area contributed by atoms with E-state index in [0.29, 0.717) is 13.1 Å². The van der Waals surface area contributed by atoms with Crippen LogP contribution in [-0.2, 0) is 16.6 Å². The Morgan fingerprint density at radius 1 is 1.27 bits per heavy atom. The van der Waals surface area contributed by atoms with Crippen LogP contribution in [0.4, 0.5) is 0 Å². The van der Waals surface area contributed by atoms with Crippen LogP contribution >= 0.6 is 24.0 Å². The second kappa shape index (κ2) is 10.0. The van der Waals surface area contributed by atoms with E-state index in [1.165, 1.54) is 11.1 Å². The maximum atomic E-state index is 11.0. The summed E-state index contributed by atoms with van der Waals surface area (Å²) in [6.07, 6.45) is 1.14. The van der Waals surface area contributed by atoms with Gasteiger partial charge in [0.05, 0.1) is 6.26 Å². The summed E-state index contributed by atoms with van der Waals surface area (Å²) >= 11 is 0. The second-order valence-corrected chi connectivity index (χ2v) is 6.76. The minimum atomic E-state index is -3.15. The van der Waals surface area contributed by atoms with E-state index < -0.39 is 10.0 Å². The molecule has 0 saturated heterocycles. The van der Waals surface area contributed by atoms with Crippen molar-refractivity contribution in [2.24, 2.45) is 4.99 Å². The Balaban J connectivity index is 0.00000441. The van der Waals surface area contributed by atoms with Crippen LogP contribution < -0.4 is 10.0 Å². The summed E-state index contributed by atoms with van der Waals surface area (Å²) in [5.74, 6) is 0.730. The van der Waals surface area contributed by atoms with Crippen LogP contribution in [0.1, 0.15) is 11.1 Å². The fourth-order valence-electron chi connectivity index (χ4n) is 1.91. The molecule has 1 aromatic rings. The average molecular weight is 440 g/mol. The van der Waals surface area contributed by atoms with Gasteiger partial charge in [-0.15, -0.1) is 24.0 Å². The number of sulfonamides is 1. The molecule has 0 amide bonds. The SMILES string of the molecule is CN=C(NCCNS(C)(=O)=O)N(C)Cc1ccccc1C.I. The first-order chi connectivity index (χ1) is 9.83. The summed E-state index contributed by atoms with van der Waals surface area (Å²) in [7, 11) is 0.512. The largest absolute Gasteiger partial charge is 0.355 e. The van der Waals surface area contributed by atoms with Gasteiger partial charge in [-0.3, -0.25) is 4.99 Å². The molecule has 0 fully saturated rings. The van der Waals surface area contributed by atoms with Crippen molar-refractivity contribution in [3.05, 3.63) is 35.4 Å². The summed E-state index contributed by atoms with van der Waals surface area (Å²) in [4.78, 5) is 6.20. The maximum Gasteiger partial charge on any atom is 0.208 e. The molecule has 0 radical (unpaired) electrons. The van der Waals surface area contributed by atoms with Crippen molar-refractivity contribution >= 4 is 40.0 Å². The summed E-state index contributed by atoms with van der Waals surface area (Å²) in [6.45, 7) is 3.63. The van der Waals surface area contributed by atoms with Gasteiger partial charge < -0.3 is 10.2 Å². The monoisotopic (exact) mass is 440 g/mol. The number of guanidine groups is 1. The van der Waals surface area contributed by atoms with Crippen molar-refractivity contribution in [2.75, 3.05) is 33.4 Å². The molecule has 2 N–H and O–H groups in total. The van der Waals surface area contributed by atoms with Gasteiger partial charge in [0.1, 0.15) is 0 Å². The van der Waals surface area contributed by atoms with E-state index in [4.69, 9.17) is 0 Å². The first-order valence-electron chi connectivity index (χ1n) is 6.74. The zero-order chi connectivity index (χ0) is 15.9. The molecule has 0 spiro atoms. The highest BCUT2D eigenvalue weighted by molar-refractivity contribution is 14.0. The van der Waals surface area contributed by atoms with E-state index in [9.17, 15) is 8.42 Å². The molecule has 1 rings (SSSR count). The lowest BCUT2D eigenvalue weighted by Gasteiger charge is -2.23. The Hall–Kier alpha value is -0.870. The highest BCUT2D eigenvalue weighted by atomic mass is 127. The number of nitrogens with one attached hydrogen (secondary N) is 2. The molecule has 0 bridgehead atoms. The molecule has 1 aromatic carbocycles. The maximum absolute atomic E-state index is 11.0. The van der Waals surface area contributed by atoms with Crippen molar-refractivity contribution in [2.45, 2.75) is 13.5 Å². The minimum absolute atomic E-state index is 0. The molecule has 0 saturated carbocycles. The van der Waals surface area contributed by atoms with E-state index in [2.05, 4.69) is 34.1 Å². The summed E-state index contributed by atoms with van der Waals surface area (Å²) in [6, 6.07) is 8.20. The standard InChI is InChI=1S/C14H24N4O2S.HI/c1-12-7-5-6-8-13(12)11-18(3)14(15-2)16-9-10-17-21(4,19)20;/h5-8,17H,9-11H2,1-4H3,(H,15,16);1H. The van der Waals surface area contributed by atoms with Gasteiger partial charge in [0.15, 0.2) is 5.96 Å². The van der Waals surface area contributed by atoms with Crippen LogP contribution in [0.15, 0.2) is 29.3 Å². The normalized spacial score (nSPS) is 11.7. The minimum Gasteiger partial charge on any atom is -0.355 e. The van der Waals surface area contributed by atoms with Gasteiger partial charge >= 0.3 is 0 Å². The van der Waals surface area contributed by atoms with E-state index in [1.54, 1.807) is 7.05 Å². The van der Waals surface area contributed by atoms with Crippen LogP contribution in [-0.4, -0.2) is 52.7 Å². The third kappa shape index (κ3) is 7.95. The van der Waals surface area contributed by atoms with Gasteiger partial charge in [-0.05, 0) is 18.1 Å². The van der Waals surface area contributed by atoms with Crippen LogP contribution in [0.5, 0.6) is 0 Å².